The van der Waals surface area contributed by atoms with Gasteiger partial charge in [0.2, 0.25) is 0 Å². The van der Waals surface area contributed by atoms with Crippen LogP contribution in [0.25, 0.3) is 0 Å². The van der Waals surface area contributed by atoms with Crippen molar-refractivity contribution in [3.63, 3.8) is 0 Å². The Balaban J connectivity index is 1.76. The first-order chi connectivity index (χ1) is 10.6. The van der Waals surface area contributed by atoms with Gasteiger partial charge in [0.05, 0.1) is 18.8 Å². The number of rotatable bonds is 7. The lowest BCUT2D eigenvalue weighted by Gasteiger charge is -2.26. The highest BCUT2D eigenvalue weighted by Gasteiger charge is 2.17. The van der Waals surface area contributed by atoms with Crippen molar-refractivity contribution in [3.8, 4) is 0 Å². The minimum absolute atomic E-state index is 0.235. The number of likely N-dealkylation sites (N-methyl/N-ethyl adjacent to an activating group) is 1. The number of ether oxygens (including phenoxy) is 2. The van der Waals surface area contributed by atoms with Crippen molar-refractivity contribution in [2.45, 2.75) is 44.8 Å². The molecule has 1 aromatic rings. The van der Waals surface area contributed by atoms with Crippen LogP contribution in [0.1, 0.15) is 38.2 Å². The average molecular weight is 307 g/mol. The predicted octanol–water partition coefficient (Wildman–Crippen LogP) is 2.80. The van der Waals surface area contributed by atoms with Crippen molar-refractivity contribution >= 4 is 5.69 Å². The van der Waals surface area contributed by atoms with E-state index in [0.29, 0.717) is 19.1 Å². The Kier molecular flexibility index (Phi) is 6.68. The topological polar surface area (TPSA) is 41.9 Å². The Morgan fingerprint density at radius 1 is 1.23 bits per heavy atom. The Hall–Kier alpha value is -1.10. The molecule has 1 heterocycles. The van der Waals surface area contributed by atoms with Crippen molar-refractivity contribution in [3.05, 3.63) is 29.8 Å². The molecule has 1 aromatic carbocycles. The Bertz CT molecular complexity index is 426. The fourth-order valence-corrected chi connectivity index (χ4v) is 2.68. The lowest BCUT2D eigenvalue weighted by molar-refractivity contribution is -0.0573. The van der Waals surface area contributed by atoms with Crippen molar-refractivity contribution < 1.29 is 14.6 Å². The van der Waals surface area contributed by atoms with E-state index in [1.165, 1.54) is 5.56 Å². The molecule has 0 saturated carbocycles. The monoisotopic (exact) mass is 307 g/mol. The molecule has 1 aliphatic rings. The zero-order chi connectivity index (χ0) is 15.9. The largest absolute Gasteiger partial charge is 0.389 e. The van der Waals surface area contributed by atoms with Gasteiger partial charge in [0.1, 0.15) is 0 Å². The lowest BCUT2D eigenvalue weighted by Crippen LogP contribution is -2.34. The molecule has 0 aliphatic carbocycles. The molecule has 124 valence electrons. The maximum absolute atomic E-state index is 10.2. The van der Waals surface area contributed by atoms with Gasteiger partial charge in [0.15, 0.2) is 0 Å². The van der Waals surface area contributed by atoms with E-state index in [0.717, 1.165) is 31.7 Å². The number of aliphatic hydroxyl groups excluding tert-OH is 1. The van der Waals surface area contributed by atoms with Crippen LogP contribution in [0.15, 0.2) is 24.3 Å². The summed E-state index contributed by atoms with van der Waals surface area (Å²) < 4.78 is 11.1. The highest BCUT2D eigenvalue weighted by molar-refractivity contribution is 5.47. The second kappa shape index (κ2) is 8.51. The van der Waals surface area contributed by atoms with Crippen LogP contribution < -0.4 is 4.90 Å². The minimum atomic E-state index is -0.474. The first-order valence-corrected chi connectivity index (χ1v) is 8.24. The van der Waals surface area contributed by atoms with Crippen molar-refractivity contribution in [2.75, 3.05) is 38.3 Å². The Labute approximate surface area is 134 Å². The summed E-state index contributed by atoms with van der Waals surface area (Å²) in [6.45, 7) is 6.88. The highest BCUT2D eigenvalue weighted by atomic mass is 16.5. The van der Waals surface area contributed by atoms with E-state index >= 15 is 0 Å². The maximum Gasteiger partial charge on any atom is 0.0948 e. The highest BCUT2D eigenvalue weighted by Crippen LogP contribution is 2.19. The van der Waals surface area contributed by atoms with E-state index in [4.69, 9.17) is 9.47 Å². The molecule has 4 heteroatoms. The smallest absolute Gasteiger partial charge is 0.0948 e. The fourth-order valence-electron chi connectivity index (χ4n) is 2.68. The molecule has 1 atom stereocenters. The van der Waals surface area contributed by atoms with Crippen LogP contribution in [0.4, 0.5) is 5.69 Å². The zero-order valence-electron chi connectivity index (χ0n) is 14.0. The fraction of sp³-hybridized carbons (Fsp3) is 0.667. The molecule has 0 bridgehead atoms. The standard InChI is InChI=1S/C18H29NO3/c1-14(2)15-4-6-16(7-5-15)19(3)12-17(20)13-22-18-8-10-21-11-9-18/h4-7,14,17-18,20H,8-13H2,1-3H3. The first-order valence-electron chi connectivity index (χ1n) is 8.24. The van der Waals surface area contributed by atoms with E-state index < -0.39 is 6.10 Å². The van der Waals surface area contributed by atoms with Crippen LogP contribution in [0.2, 0.25) is 0 Å². The van der Waals surface area contributed by atoms with Gasteiger partial charge >= 0.3 is 0 Å². The van der Waals surface area contributed by atoms with Gasteiger partial charge in [-0.15, -0.1) is 0 Å². The number of hydrogen-bond acceptors (Lipinski definition) is 4. The van der Waals surface area contributed by atoms with Crippen LogP contribution in [0.5, 0.6) is 0 Å². The number of benzene rings is 1. The summed E-state index contributed by atoms with van der Waals surface area (Å²) in [5.74, 6) is 0.540. The molecular weight excluding hydrogens is 278 g/mol. The van der Waals surface area contributed by atoms with Crippen LogP contribution >= 0.6 is 0 Å². The van der Waals surface area contributed by atoms with Gasteiger partial charge < -0.3 is 19.5 Å². The summed E-state index contributed by atoms with van der Waals surface area (Å²) in [4.78, 5) is 2.07. The van der Waals surface area contributed by atoms with E-state index in [1.54, 1.807) is 0 Å². The molecule has 1 saturated heterocycles. The quantitative estimate of drug-likeness (QED) is 0.841. The predicted molar refractivity (Wildman–Crippen MR) is 89.6 cm³/mol. The summed E-state index contributed by atoms with van der Waals surface area (Å²) in [5, 5.41) is 10.2. The summed E-state index contributed by atoms with van der Waals surface area (Å²) in [7, 11) is 2.00. The van der Waals surface area contributed by atoms with Gasteiger partial charge in [-0.25, -0.2) is 0 Å². The van der Waals surface area contributed by atoms with Crippen molar-refractivity contribution in [1.82, 2.24) is 0 Å². The second-order valence-electron chi connectivity index (χ2n) is 6.43. The third kappa shape index (κ3) is 5.27. The van der Waals surface area contributed by atoms with Gasteiger partial charge in [-0.3, -0.25) is 0 Å². The molecule has 0 aromatic heterocycles. The van der Waals surface area contributed by atoms with Gasteiger partial charge in [-0.1, -0.05) is 26.0 Å². The zero-order valence-corrected chi connectivity index (χ0v) is 14.0. The third-order valence-corrected chi connectivity index (χ3v) is 4.18. The molecule has 0 radical (unpaired) electrons. The van der Waals surface area contributed by atoms with Crippen LogP contribution in [-0.2, 0) is 9.47 Å². The molecule has 1 aliphatic heterocycles. The normalized spacial score (nSPS) is 17.7. The van der Waals surface area contributed by atoms with E-state index in [2.05, 4.69) is 43.0 Å². The average Bonchev–Trinajstić information content (AvgIpc) is 2.54. The van der Waals surface area contributed by atoms with Gasteiger partial charge in [0.25, 0.3) is 0 Å². The molecule has 0 amide bonds. The van der Waals surface area contributed by atoms with E-state index in [1.807, 2.05) is 7.05 Å². The van der Waals surface area contributed by atoms with E-state index in [9.17, 15) is 5.11 Å². The molecule has 22 heavy (non-hydrogen) atoms. The number of aliphatic hydroxyl groups is 1. The second-order valence-corrected chi connectivity index (χ2v) is 6.43. The summed E-state index contributed by atoms with van der Waals surface area (Å²) >= 11 is 0. The van der Waals surface area contributed by atoms with Crippen molar-refractivity contribution in [1.29, 1.82) is 0 Å². The summed E-state index contributed by atoms with van der Waals surface area (Å²) in [5.41, 5.74) is 2.45. The summed E-state index contributed by atoms with van der Waals surface area (Å²) in [6, 6.07) is 8.53. The van der Waals surface area contributed by atoms with Gasteiger partial charge in [-0.2, -0.15) is 0 Å². The van der Waals surface area contributed by atoms with Gasteiger partial charge in [0, 0.05) is 32.5 Å². The molecule has 2 rings (SSSR count). The molecular formula is C18H29NO3. The number of hydrogen-bond donors (Lipinski definition) is 1. The Morgan fingerprint density at radius 3 is 2.45 bits per heavy atom. The van der Waals surface area contributed by atoms with E-state index in [-0.39, 0.29) is 6.10 Å². The SMILES string of the molecule is CC(C)c1ccc(N(C)CC(O)COC2CCOCC2)cc1. The molecule has 4 nitrogen and oxygen atoms in total. The van der Waals surface area contributed by atoms with Crippen molar-refractivity contribution in [2.24, 2.45) is 0 Å². The molecule has 1 N–H and O–H groups in total. The van der Waals surface area contributed by atoms with Gasteiger partial charge in [-0.05, 0) is 36.5 Å². The lowest BCUT2D eigenvalue weighted by atomic mass is 10.0. The maximum atomic E-state index is 10.2. The van der Waals surface area contributed by atoms with Crippen LogP contribution in [-0.4, -0.2) is 50.7 Å². The van der Waals surface area contributed by atoms with Crippen LogP contribution in [0.3, 0.4) is 0 Å². The summed E-state index contributed by atoms with van der Waals surface area (Å²) in [6.07, 6.45) is 1.62. The molecule has 1 unspecified atom stereocenters. The molecule has 1 fully saturated rings. The Morgan fingerprint density at radius 2 is 1.86 bits per heavy atom. The minimum Gasteiger partial charge on any atom is -0.389 e. The first kappa shape index (κ1) is 17.3. The number of nitrogens with zero attached hydrogens (tertiary/aromatic N) is 1. The molecule has 0 spiro atoms. The third-order valence-electron chi connectivity index (χ3n) is 4.18. The number of anilines is 1. The van der Waals surface area contributed by atoms with Crippen LogP contribution in [0, 0.1) is 0 Å².